The Hall–Kier alpha value is -3.37. The van der Waals surface area contributed by atoms with E-state index in [1.165, 1.54) is 0 Å². The molecule has 3 aromatic rings. The van der Waals surface area contributed by atoms with E-state index in [0.29, 0.717) is 11.4 Å². The normalized spacial score (nSPS) is 19.7. The van der Waals surface area contributed by atoms with Crippen LogP contribution in [0.4, 0.5) is 11.5 Å². The Morgan fingerprint density at radius 2 is 1.90 bits per heavy atom. The fourth-order valence-corrected chi connectivity index (χ4v) is 4.54. The maximum atomic E-state index is 13.6. The highest BCUT2D eigenvalue weighted by Crippen LogP contribution is 2.52. The maximum Gasteiger partial charge on any atom is 0.243 e. The Morgan fingerprint density at radius 3 is 2.66 bits per heavy atom. The monoisotopic (exact) mass is 446 g/mol. The van der Waals surface area contributed by atoms with Gasteiger partial charge in [-0.25, -0.2) is 4.68 Å². The second-order valence-electron chi connectivity index (χ2n) is 7.04. The number of benzene rings is 2. The Morgan fingerprint density at radius 1 is 1.14 bits per heavy atom. The van der Waals surface area contributed by atoms with Crippen LogP contribution in [0.25, 0.3) is 5.69 Å². The molecule has 7 heteroatoms. The lowest BCUT2D eigenvalue weighted by atomic mass is 9.72. The zero-order chi connectivity index (χ0) is 20.2. The van der Waals surface area contributed by atoms with E-state index in [1.54, 1.807) is 15.8 Å². The van der Waals surface area contributed by atoms with Crippen molar-refractivity contribution in [3.63, 3.8) is 0 Å². The lowest BCUT2D eigenvalue weighted by molar-refractivity contribution is -0.126. The molecule has 29 heavy (non-hydrogen) atoms. The van der Waals surface area contributed by atoms with E-state index < -0.39 is 5.41 Å². The molecule has 2 amide bonds. The molecule has 0 bridgehead atoms. The van der Waals surface area contributed by atoms with Crippen molar-refractivity contribution >= 4 is 39.2 Å². The summed E-state index contributed by atoms with van der Waals surface area (Å²) in [5.41, 5.74) is 1.86. The van der Waals surface area contributed by atoms with E-state index in [4.69, 9.17) is 6.42 Å². The highest BCUT2D eigenvalue weighted by molar-refractivity contribution is 9.10. The van der Waals surface area contributed by atoms with Gasteiger partial charge < -0.3 is 5.32 Å². The van der Waals surface area contributed by atoms with E-state index in [0.717, 1.165) is 21.4 Å². The number of hydrogen-bond acceptors (Lipinski definition) is 3. The van der Waals surface area contributed by atoms with Gasteiger partial charge in [0.05, 0.1) is 18.4 Å². The van der Waals surface area contributed by atoms with Gasteiger partial charge in [0, 0.05) is 22.1 Å². The quantitative estimate of drug-likeness (QED) is 0.614. The summed E-state index contributed by atoms with van der Waals surface area (Å²) in [5, 5.41) is 7.41. The van der Waals surface area contributed by atoms with Crippen LogP contribution in [0, 0.1) is 12.3 Å². The number of aromatic nitrogens is 2. The summed E-state index contributed by atoms with van der Waals surface area (Å²) in [7, 11) is 0. The Kier molecular flexibility index (Phi) is 3.86. The summed E-state index contributed by atoms with van der Waals surface area (Å²) in [4.78, 5) is 28.0. The second kappa shape index (κ2) is 6.33. The second-order valence-corrected chi connectivity index (χ2v) is 7.95. The zero-order valence-corrected chi connectivity index (χ0v) is 16.8. The van der Waals surface area contributed by atoms with Gasteiger partial charge >= 0.3 is 0 Å². The van der Waals surface area contributed by atoms with Gasteiger partial charge in [0.1, 0.15) is 11.2 Å². The zero-order valence-electron chi connectivity index (χ0n) is 15.2. The average molecular weight is 447 g/mol. The van der Waals surface area contributed by atoms with E-state index in [-0.39, 0.29) is 24.8 Å². The Labute approximate surface area is 175 Å². The standard InChI is InChI=1S/C22H15BrN4O2/c1-2-11-26-18-6-4-3-5-16(18)22(21(26)29)12-19(28)25-20-17(22)13-24-27(20)15-9-7-14(23)8-10-15/h1,3-10,13H,11-12H2,(H,25,28). The molecule has 0 saturated carbocycles. The highest BCUT2D eigenvalue weighted by atomic mass is 79.9. The number of nitrogens with one attached hydrogen (secondary N) is 1. The number of terminal acetylenes is 1. The number of rotatable bonds is 2. The first kappa shape index (κ1) is 17.7. The number of hydrogen-bond donors (Lipinski definition) is 1. The van der Waals surface area contributed by atoms with Crippen LogP contribution in [0.1, 0.15) is 17.5 Å². The molecule has 3 heterocycles. The fraction of sp³-hybridized carbons (Fsp3) is 0.136. The molecule has 2 aliphatic heterocycles. The molecule has 1 spiro atoms. The smallest absolute Gasteiger partial charge is 0.243 e. The van der Waals surface area contributed by atoms with Gasteiger partial charge in [-0.05, 0) is 35.9 Å². The van der Waals surface area contributed by atoms with Crippen molar-refractivity contribution in [2.24, 2.45) is 0 Å². The van der Waals surface area contributed by atoms with Gasteiger partial charge in [-0.15, -0.1) is 6.42 Å². The van der Waals surface area contributed by atoms with Crippen LogP contribution in [-0.2, 0) is 15.0 Å². The lowest BCUT2D eigenvalue weighted by Crippen LogP contribution is -2.46. The van der Waals surface area contributed by atoms with E-state index in [9.17, 15) is 9.59 Å². The molecule has 0 aliphatic carbocycles. The third-order valence-corrected chi connectivity index (χ3v) is 6.03. The molecule has 1 atom stereocenters. The number of halogens is 1. The minimum Gasteiger partial charge on any atom is -0.310 e. The van der Waals surface area contributed by atoms with Crippen LogP contribution >= 0.6 is 15.9 Å². The van der Waals surface area contributed by atoms with E-state index in [2.05, 4.69) is 32.3 Å². The molecule has 1 unspecified atom stereocenters. The molecule has 2 aliphatic rings. The predicted octanol–water partition coefficient (Wildman–Crippen LogP) is 3.24. The van der Waals surface area contributed by atoms with Crippen molar-refractivity contribution < 1.29 is 9.59 Å². The lowest BCUT2D eigenvalue weighted by Gasteiger charge is -2.32. The van der Waals surface area contributed by atoms with Crippen LogP contribution in [0.2, 0.25) is 0 Å². The van der Waals surface area contributed by atoms with Crippen LogP contribution in [0.3, 0.4) is 0 Å². The molecular weight excluding hydrogens is 432 g/mol. The molecular formula is C22H15BrN4O2. The van der Waals surface area contributed by atoms with Gasteiger partial charge in [0.2, 0.25) is 11.8 Å². The number of anilines is 2. The average Bonchev–Trinajstić information content (AvgIpc) is 3.24. The Bertz CT molecular complexity index is 1210. The largest absolute Gasteiger partial charge is 0.310 e. The Balaban J connectivity index is 1.75. The minimum absolute atomic E-state index is 0.0168. The van der Waals surface area contributed by atoms with Crippen LogP contribution in [0.5, 0.6) is 0 Å². The van der Waals surface area contributed by atoms with Gasteiger partial charge in [0.15, 0.2) is 0 Å². The van der Waals surface area contributed by atoms with Gasteiger partial charge in [-0.2, -0.15) is 5.10 Å². The summed E-state index contributed by atoms with van der Waals surface area (Å²) < 4.78 is 2.59. The SMILES string of the molecule is C#CCN1C(=O)C2(CC(=O)Nc3c2cnn3-c2ccc(Br)cc2)c2ccccc21. The molecule has 0 radical (unpaired) electrons. The van der Waals surface area contributed by atoms with Crippen molar-refractivity contribution in [1.29, 1.82) is 0 Å². The first-order valence-corrected chi connectivity index (χ1v) is 9.85. The number of amides is 2. The molecule has 1 N–H and O–H groups in total. The molecule has 2 aromatic carbocycles. The van der Waals surface area contributed by atoms with Crippen LogP contribution < -0.4 is 10.2 Å². The van der Waals surface area contributed by atoms with Crippen molar-refractivity contribution in [2.75, 3.05) is 16.8 Å². The number of fused-ring (bicyclic) bond motifs is 4. The van der Waals surface area contributed by atoms with E-state index >= 15 is 0 Å². The van der Waals surface area contributed by atoms with Crippen molar-refractivity contribution in [1.82, 2.24) is 9.78 Å². The number of carbonyl (C=O) groups excluding carboxylic acids is 2. The predicted molar refractivity (Wildman–Crippen MR) is 113 cm³/mol. The molecule has 1 aromatic heterocycles. The van der Waals surface area contributed by atoms with Gasteiger partial charge in [0.25, 0.3) is 0 Å². The molecule has 0 fully saturated rings. The fourth-order valence-electron chi connectivity index (χ4n) is 4.28. The molecule has 142 valence electrons. The van der Waals surface area contributed by atoms with Crippen molar-refractivity contribution in [3.05, 3.63) is 70.3 Å². The van der Waals surface area contributed by atoms with Crippen LogP contribution in [0.15, 0.2) is 59.2 Å². The summed E-state index contributed by atoms with van der Waals surface area (Å²) in [6.45, 7) is 0.148. The molecule has 0 saturated heterocycles. The number of carbonyl (C=O) groups is 2. The van der Waals surface area contributed by atoms with Gasteiger partial charge in [-0.3, -0.25) is 14.5 Å². The first-order chi connectivity index (χ1) is 14.1. The number of nitrogens with zero attached hydrogens (tertiary/aromatic N) is 3. The summed E-state index contributed by atoms with van der Waals surface area (Å²) in [6.07, 6.45) is 7.20. The molecule has 5 rings (SSSR count). The maximum absolute atomic E-state index is 13.6. The third kappa shape index (κ3) is 2.39. The van der Waals surface area contributed by atoms with E-state index in [1.807, 2.05) is 48.5 Å². The van der Waals surface area contributed by atoms with Gasteiger partial charge in [-0.1, -0.05) is 40.0 Å². The van der Waals surface area contributed by atoms with Crippen LogP contribution in [-0.4, -0.2) is 28.1 Å². The van der Waals surface area contributed by atoms with Crippen molar-refractivity contribution in [2.45, 2.75) is 11.8 Å². The summed E-state index contributed by atoms with van der Waals surface area (Å²) in [5.74, 6) is 2.64. The van der Waals surface area contributed by atoms with Crippen molar-refractivity contribution in [3.8, 4) is 18.0 Å². The first-order valence-electron chi connectivity index (χ1n) is 9.05. The summed E-state index contributed by atoms with van der Waals surface area (Å²) in [6, 6.07) is 15.1. The highest BCUT2D eigenvalue weighted by Gasteiger charge is 2.56. The third-order valence-electron chi connectivity index (χ3n) is 5.50. The topological polar surface area (TPSA) is 67.2 Å². The minimum atomic E-state index is -1.13. The molecule has 6 nitrogen and oxygen atoms in total. The number of para-hydroxylation sites is 1. The summed E-state index contributed by atoms with van der Waals surface area (Å²) >= 11 is 3.42.